The highest BCUT2D eigenvalue weighted by atomic mass is 32.2. The third kappa shape index (κ3) is 4.51. The van der Waals surface area contributed by atoms with E-state index in [9.17, 15) is 13.2 Å². The normalized spacial score (nSPS) is 11.8. The monoisotopic (exact) mass is 429 g/mol. The Hall–Kier alpha value is -2.80. The van der Waals surface area contributed by atoms with Crippen molar-refractivity contribution in [3.63, 3.8) is 0 Å². The van der Waals surface area contributed by atoms with Gasteiger partial charge in [0.2, 0.25) is 0 Å². The number of anilines is 1. The molecule has 0 saturated carbocycles. The minimum Gasteiger partial charge on any atom is -0.462 e. The molecular formula is C23H27NO5S. The Bertz CT molecular complexity index is 1140. The van der Waals surface area contributed by atoms with E-state index in [0.717, 1.165) is 12.0 Å². The molecule has 1 N–H and O–H groups in total. The molecule has 0 fully saturated rings. The van der Waals surface area contributed by atoms with E-state index in [2.05, 4.69) is 18.6 Å². The average molecular weight is 430 g/mol. The topological polar surface area (TPSA) is 85.6 Å². The highest BCUT2D eigenvalue weighted by molar-refractivity contribution is 7.92. The first-order valence-electron chi connectivity index (χ1n) is 10.1. The zero-order valence-electron chi connectivity index (χ0n) is 17.7. The number of sulfonamides is 1. The van der Waals surface area contributed by atoms with Crippen LogP contribution in [0.15, 0.2) is 51.8 Å². The van der Waals surface area contributed by atoms with Crippen molar-refractivity contribution in [3.8, 4) is 0 Å². The van der Waals surface area contributed by atoms with Crippen LogP contribution in [0.4, 0.5) is 5.69 Å². The Balaban J connectivity index is 1.98. The molecule has 3 rings (SSSR count). The number of hydrogen-bond donors (Lipinski definition) is 1. The second-order valence-electron chi connectivity index (χ2n) is 7.41. The van der Waals surface area contributed by atoms with Crippen molar-refractivity contribution in [1.82, 2.24) is 0 Å². The fourth-order valence-corrected chi connectivity index (χ4v) is 4.34. The van der Waals surface area contributed by atoms with Crippen LogP contribution in [-0.2, 0) is 21.2 Å². The molecule has 0 aliphatic rings. The van der Waals surface area contributed by atoms with Gasteiger partial charge in [-0.15, -0.1) is 0 Å². The van der Waals surface area contributed by atoms with E-state index >= 15 is 0 Å². The number of hydrogen-bond acceptors (Lipinski definition) is 5. The van der Waals surface area contributed by atoms with Crippen LogP contribution in [0.25, 0.3) is 11.0 Å². The molecule has 0 amide bonds. The van der Waals surface area contributed by atoms with Gasteiger partial charge in [-0.25, -0.2) is 13.2 Å². The van der Waals surface area contributed by atoms with Crippen LogP contribution < -0.4 is 4.72 Å². The van der Waals surface area contributed by atoms with E-state index in [1.54, 1.807) is 37.3 Å². The molecule has 7 heteroatoms. The average Bonchev–Trinajstić information content (AvgIpc) is 3.05. The molecule has 1 aromatic heterocycles. The molecule has 3 aromatic rings. The summed E-state index contributed by atoms with van der Waals surface area (Å²) in [6.45, 7) is 8.08. The van der Waals surface area contributed by atoms with Crippen LogP contribution in [-0.4, -0.2) is 21.0 Å². The molecule has 0 spiro atoms. The summed E-state index contributed by atoms with van der Waals surface area (Å²) in [5.74, 6) is 0.399. The first-order chi connectivity index (χ1) is 14.3. The van der Waals surface area contributed by atoms with Crippen molar-refractivity contribution in [2.75, 3.05) is 11.3 Å². The zero-order chi connectivity index (χ0) is 21.9. The summed E-state index contributed by atoms with van der Waals surface area (Å²) in [7, 11) is -3.77. The van der Waals surface area contributed by atoms with Gasteiger partial charge in [-0.1, -0.05) is 32.9 Å². The number of furan rings is 1. The number of carbonyl (C=O) groups excluding carboxylic acids is 1. The standard InChI is InChI=1S/C23H27NO5S/c1-5-7-21-22(23(25)28-6-2)19-14-17(10-13-20(19)29-21)24-30(26,27)18-11-8-16(9-12-18)15(3)4/h8-15,24H,5-7H2,1-4H3. The predicted octanol–water partition coefficient (Wildman–Crippen LogP) is 5.49. The molecule has 0 aliphatic carbocycles. The number of esters is 1. The zero-order valence-corrected chi connectivity index (χ0v) is 18.5. The molecule has 0 unspecified atom stereocenters. The number of aryl methyl sites for hydroxylation is 1. The Morgan fingerprint density at radius 3 is 2.40 bits per heavy atom. The van der Waals surface area contributed by atoms with Gasteiger partial charge in [-0.2, -0.15) is 0 Å². The van der Waals surface area contributed by atoms with E-state index in [-0.39, 0.29) is 11.5 Å². The number of benzene rings is 2. The first-order valence-corrected chi connectivity index (χ1v) is 11.6. The maximum absolute atomic E-state index is 12.8. The summed E-state index contributed by atoms with van der Waals surface area (Å²) >= 11 is 0. The van der Waals surface area contributed by atoms with E-state index in [4.69, 9.17) is 9.15 Å². The molecule has 30 heavy (non-hydrogen) atoms. The summed E-state index contributed by atoms with van der Waals surface area (Å²) in [5, 5.41) is 0.534. The lowest BCUT2D eigenvalue weighted by Gasteiger charge is -2.10. The maximum Gasteiger partial charge on any atom is 0.342 e. The lowest BCUT2D eigenvalue weighted by Crippen LogP contribution is -2.13. The van der Waals surface area contributed by atoms with Gasteiger partial charge in [-0.05, 0) is 55.2 Å². The van der Waals surface area contributed by atoms with Crippen molar-refractivity contribution in [1.29, 1.82) is 0 Å². The van der Waals surface area contributed by atoms with Gasteiger partial charge >= 0.3 is 5.97 Å². The Morgan fingerprint density at radius 1 is 1.10 bits per heavy atom. The first kappa shape index (κ1) is 21.9. The summed E-state index contributed by atoms with van der Waals surface area (Å²) < 4.78 is 39.3. The number of ether oxygens (including phenoxy) is 1. The predicted molar refractivity (Wildman–Crippen MR) is 118 cm³/mol. The fourth-order valence-electron chi connectivity index (χ4n) is 3.29. The van der Waals surface area contributed by atoms with Gasteiger partial charge in [-0.3, -0.25) is 4.72 Å². The largest absolute Gasteiger partial charge is 0.462 e. The second kappa shape index (κ2) is 8.92. The summed E-state index contributed by atoms with van der Waals surface area (Å²) in [6.07, 6.45) is 1.39. The lowest BCUT2D eigenvalue weighted by atomic mass is 10.0. The van der Waals surface area contributed by atoms with E-state index in [1.807, 2.05) is 19.1 Å². The minimum atomic E-state index is -3.77. The van der Waals surface area contributed by atoms with Gasteiger partial charge in [0, 0.05) is 17.5 Å². The minimum absolute atomic E-state index is 0.177. The Labute approximate surface area is 177 Å². The van der Waals surface area contributed by atoms with Crippen LogP contribution in [0, 0.1) is 0 Å². The van der Waals surface area contributed by atoms with Crippen molar-refractivity contribution in [2.24, 2.45) is 0 Å². The second-order valence-corrected chi connectivity index (χ2v) is 9.09. The van der Waals surface area contributed by atoms with Gasteiger partial charge in [0.05, 0.1) is 11.5 Å². The van der Waals surface area contributed by atoms with Crippen molar-refractivity contribution >= 4 is 32.6 Å². The summed E-state index contributed by atoms with van der Waals surface area (Å²) in [6, 6.07) is 11.7. The van der Waals surface area contributed by atoms with Crippen molar-refractivity contribution in [2.45, 2.75) is 51.3 Å². The fraction of sp³-hybridized carbons (Fsp3) is 0.348. The van der Waals surface area contributed by atoms with Gasteiger partial charge in [0.25, 0.3) is 10.0 Å². The van der Waals surface area contributed by atoms with Crippen LogP contribution in [0.3, 0.4) is 0 Å². The molecule has 2 aromatic carbocycles. The molecule has 0 saturated heterocycles. The molecule has 0 atom stereocenters. The van der Waals surface area contributed by atoms with Gasteiger partial charge in [0.1, 0.15) is 16.9 Å². The maximum atomic E-state index is 12.8. The number of nitrogens with one attached hydrogen (secondary N) is 1. The van der Waals surface area contributed by atoms with E-state index < -0.39 is 16.0 Å². The Morgan fingerprint density at radius 2 is 1.80 bits per heavy atom. The van der Waals surface area contributed by atoms with E-state index in [0.29, 0.717) is 40.3 Å². The smallest absolute Gasteiger partial charge is 0.342 e. The SMILES string of the molecule is CCCc1oc2ccc(NS(=O)(=O)c3ccc(C(C)C)cc3)cc2c1C(=O)OCC. The third-order valence-corrected chi connectivity index (χ3v) is 6.22. The lowest BCUT2D eigenvalue weighted by molar-refractivity contribution is 0.0526. The number of carbonyl (C=O) groups is 1. The third-order valence-electron chi connectivity index (χ3n) is 4.83. The number of fused-ring (bicyclic) bond motifs is 1. The van der Waals surface area contributed by atoms with Crippen LogP contribution in [0.1, 0.15) is 61.7 Å². The van der Waals surface area contributed by atoms with Gasteiger partial charge in [0.15, 0.2) is 0 Å². The van der Waals surface area contributed by atoms with Crippen LogP contribution in [0.5, 0.6) is 0 Å². The highest BCUT2D eigenvalue weighted by Crippen LogP contribution is 2.31. The molecule has 0 bridgehead atoms. The molecule has 0 radical (unpaired) electrons. The molecular weight excluding hydrogens is 402 g/mol. The molecule has 160 valence electrons. The number of rotatable bonds is 8. The molecule has 1 heterocycles. The van der Waals surface area contributed by atoms with Crippen LogP contribution >= 0.6 is 0 Å². The quantitative estimate of drug-likeness (QED) is 0.479. The van der Waals surface area contributed by atoms with Crippen LogP contribution in [0.2, 0.25) is 0 Å². The van der Waals surface area contributed by atoms with E-state index in [1.165, 1.54) is 0 Å². The Kier molecular flexibility index (Phi) is 6.51. The summed E-state index contributed by atoms with van der Waals surface area (Å²) in [4.78, 5) is 12.7. The summed E-state index contributed by atoms with van der Waals surface area (Å²) in [5.41, 5.74) is 2.29. The molecule has 6 nitrogen and oxygen atoms in total. The van der Waals surface area contributed by atoms with Crippen molar-refractivity contribution in [3.05, 3.63) is 59.4 Å². The van der Waals surface area contributed by atoms with Gasteiger partial charge < -0.3 is 9.15 Å². The molecule has 0 aliphatic heterocycles. The highest BCUT2D eigenvalue weighted by Gasteiger charge is 2.23. The van der Waals surface area contributed by atoms with Crippen molar-refractivity contribution < 1.29 is 22.4 Å².